The van der Waals surface area contributed by atoms with E-state index in [1.807, 2.05) is 49.7 Å². The van der Waals surface area contributed by atoms with E-state index in [9.17, 15) is 4.79 Å². The lowest BCUT2D eigenvalue weighted by molar-refractivity contribution is 0.102. The third-order valence-electron chi connectivity index (χ3n) is 5.61. The Bertz CT molecular complexity index is 1330. The monoisotopic (exact) mass is 489 g/mol. The van der Waals surface area contributed by atoms with E-state index in [2.05, 4.69) is 41.6 Å². The Balaban J connectivity index is 1.55. The number of benzene rings is 3. The third kappa shape index (κ3) is 5.84. The summed E-state index contributed by atoms with van der Waals surface area (Å²) in [5.74, 6) is 1.59. The number of carbonyl (C=O) groups excluding carboxylic acids is 1. The maximum Gasteiger partial charge on any atom is 0.259 e. The van der Waals surface area contributed by atoms with Crippen molar-refractivity contribution in [2.24, 2.45) is 0 Å². The second kappa shape index (κ2) is 10.7. The Morgan fingerprint density at radius 3 is 2.34 bits per heavy atom. The lowest BCUT2D eigenvalue weighted by Crippen LogP contribution is -2.15. The molecule has 1 aromatic heterocycles. The molecule has 6 nitrogen and oxygen atoms in total. The van der Waals surface area contributed by atoms with Gasteiger partial charge in [0.15, 0.2) is 5.75 Å². The molecule has 0 fully saturated rings. The van der Waals surface area contributed by atoms with Crippen molar-refractivity contribution in [3.05, 3.63) is 99.8 Å². The Morgan fingerprint density at radius 2 is 1.66 bits per heavy atom. The summed E-state index contributed by atoms with van der Waals surface area (Å²) in [6.45, 7) is 8.90. The fourth-order valence-corrected chi connectivity index (χ4v) is 3.99. The van der Waals surface area contributed by atoms with Crippen molar-refractivity contribution < 1.29 is 14.3 Å². The topological polar surface area (TPSA) is 65.4 Å². The summed E-state index contributed by atoms with van der Waals surface area (Å²) >= 11 is 6.23. The number of nitrogens with one attached hydrogen (secondary N) is 1. The molecule has 35 heavy (non-hydrogen) atoms. The molecule has 0 aliphatic carbocycles. The Kier molecular flexibility index (Phi) is 7.42. The highest BCUT2D eigenvalue weighted by Gasteiger charge is 2.20. The molecule has 1 N–H and O–H groups in total. The summed E-state index contributed by atoms with van der Waals surface area (Å²) in [6, 6.07) is 20.7. The van der Waals surface area contributed by atoms with Gasteiger partial charge in [-0.05, 0) is 75.7 Å². The van der Waals surface area contributed by atoms with E-state index >= 15 is 0 Å². The summed E-state index contributed by atoms with van der Waals surface area (Å²) < 4.78 is 13.4. The van der Waals surface area contributed by atoms with Crippen LogP contribution in [0.5, 0.6) is 17.2 Å². The van der Waals surface area contributed by atoms with Gasteiger partial charge >= 0.3 is 0 Å². The van der Waals surface area contributed by atoms with E-state index < -0.39 is 0 Å². The van der Waals surface area contributed by atoms with Gasteiger partial charge in [0.05, 0.1) is 30.1 Å². The van der Waals surface area contributed by atoms with Gasteiger partial charge in [0.1, 0.15) is 11.5 Å². The highest BCUT2D eigenvalue weighted by Crippen LogP contribution is 2.33. The second-order valence-electron chi connectivity index (χ2n) is 8.29. The SMILES string of the molecule is CCOc1ccc(Oc2ccc(Cl)cc2NC(=O)c2c(C)nn(Cc3ccc(C)cc3)c2C)cc1. The van der Waals surface area contributed by atoms with Crippen LogP contribution in [0.25, 0.3) is 0 Å². The van der Waals surface area contributed by atoms with Gasteiger partial charge in [-0.3, -0.25) is 9.48 Å². The smallest absolute Gasteiger partial charge is 0.259 e. The van der Waals surface area contributed by atoms with E-state index in [4.69, 9.17) is 21.1 Å². The summed E-state index contributed by atoms with van der Waals surface area (Å²) in [6.07, 6.45) is 0. The average Bonchev–Trinajstić information content (AvgIpc) is 3.11. The number of carbonyl (C=O) groups is 1. The van der Waals surface area contributed by atoms with Gasteiger partial charge in [-0.2, -0.15) is 5.10 Å². The zero-order valence-corrected chi connectivity index (χ0v) is 21.0. The van der Waals surface area contributed by atoms with E-state index in [0.717, 1.165) is 17.0 Å². The molecule has 4 rings (SSSR count). The van der Waals surface area contributed by atoms with E-state index in [0.29, 0.717) is 46.6 Å². The largest absolute Gasteiger partial charge is 0.494 e. The van der Waals surface area contributed by atoms with Crippen molar-refractivity contribution in [1.29, 1.82) is 0 Å². The van der Waals surface area contributed by atoms with Crippen LogP contribution in [0, 0.1) is 20.8 Å². The molecule has 180 valence electrons. The highest BCUT2D eigenvalue weighted by atomic mass is 35.5. The normalized spacial score (nSPS) is 10.8. The number of aryl methyl sites for hydroxylation is 2. The first-order chi connectivity index (χ1) is 16.8. The van der Waals surface area contributed by atoms with E-state index in [-0.39, 0.29) is 5.91 Å². The van der Waals surface area contributed by atoms with Crippen LogP contribution in [0.15, 0.2) is 66.7 Å². The molecule has 0 aliphatic heterocycles. The van der Waals surface area contributed by atoms with Crippen LogP contribution in [0.1, 0.15) is 39.8 Å². The quantitative estimate of drug-likeness (QED) is 0.290. The van der Waals surface area contributed by atoms with Crippen LogP contribution < -0.4 is 14.8 Å². The van der Waals surface area contributed by atoms with Crippen LogP contribution in [0.4, 0.5) is 5.69 Å². The van der Waals surface area contributed by atoms with Crippen molar-refractivity contribution in [3.63, 3.8) is 0 Å². The van der Waals surface area contributed by atoms with Crippen molar-refractivity contribution in [3.8, 4) is 17.2 Å². The molecule has 0 spiro atoms. The molecule has 3 aromatic carbocycles. The lowest BCUT2D eigenvalue weighted by Gasteiger charge is -2.13. The minimum Gasteiger partial charge on any atom is -0.494 e. The number of nitrogens with zero attached hydrogens (tertiary/aromatic N) is 2. The van der Waals surface area contributed by atoms with Gasteiger partial charge < -0.3 is 14.8 Å². The van der Waals surface area contributed by atoms with Gasteiger partial charge in [-0.1, -0.05) is 41.4 Å². The van der Waals surface area contributed by atoms with Crippen LogP contribution in [0.2, 0.25) is 5.02 Å². The Hall–Kier alpha value is -3.77. The Labute approximate surface area is 210 Å². The van der Waals surface area contributed by atoms with Gasteiger partial charge in [-0.25, -0.2) is 0 Å². The zero-order valence-electron chi connectivity index (χ0n) is 20.3. The maximum atomic E-state index is 13.3. The average molecular weight is 490 g/mol. The minimum atomic E-state index is -0.269. The predicted molar refractivity (Wildman–Crippen MR) is 139 cm³/mol. The summed E-state index contributed by atoms with van der Waals surface area (Å²) in [4.78, 5) is 13.3. The highest BCUT2D eigenvalue weighted by molar-refractivity contribution is 6.31. The first-order valence-electron chi connectivity index (χ1n) is 11.4. The molecule has 1 amide bonds. The first-order valence-corrected chi connectivity index (χ1v) is 11.8. The van der Waals surface area contributed by atoms with Crippen LogP contribution in [-0.4, -0.2) is 22.3 Å². The molecule has 7 heteroatoms. The molecular formula is C28H28ClN3O3. The maximum absolute atomic E-state index is 13.3. The molecule has 0 bridgehead atoms. The number of amides is 1. The van der Waals surface area contributed by atoms with Crippen LogP contribution in [0.3, 0.4) is 0 Å². The van der Waals surface area contributed by atoms with Gasteiger partial charge in [0, 0.05) is 10.7 Å². The van der Waals surface area contributed by atoms with Crippen molar-refractivity contribution in [2.45, 2.75) is 34.2 Å². The van der Waals surface area contributed by atoms with Crippen LogP contribution >= 0.6 is 11.6 Å². The zero-order chi connectivity index (χ0) is 24.9. The number of hydrogen-bond donors (Lipinski definition) is 1. The standard InChI is InChI=1S/C28H28ClN3O3/c1-5-34-23-11-13-24(14-12-23)35-26-15-10-22(29)16-25(26)30-28(33)27-19(3)31-32(20(27)4)17-21-8-6-18(2)7-9-21/h6-16H,5,17H2,1-4H3,(H,30,33). The summed E-state index contributed by atoms with van der Waals surface area (Å²) in [5, 5.41) is 8.06. The van der Waals surface area contributed by atoms with Gasteiger partial charge in [0.2, 0.25) is 0 Å². The van der Waals surface area contributed by atoms with Gasteiger partial charge in [0.25, 0.3) is 5.91 Å². The number of aromatic nitrogens is 2. The number of anilines is 1. The fourth-order valence-electron chi connectivity index (χ4n) is 3.82. The molecule has 0 unspecified atom stereocenters. The number of rotatable bonds is 8. The second-order valence-corrected chi connectivity index (χ2v) is 8.73. The number of halogens is 1. The molecule has 0 saturated heterocycles. The van der Waals surface area contributed by atoms with E-state index in [1.54, 1.807) is 18.2 Å². The molecule has 1 heterocycles. The molecule has 0 aliphatic rings. The predicted octanol–water partition coefficient (Wildman–Crippen LogP) is 6.95. The van der Waals surface area contributed by atoms with Crippen molar-refractivity contribution >= 4 is 23.2 Å². The van der Waals surface area contributed by atoms with E-state index in [1.165, 1.54) is 5.56 Å². The molecule has 0 saturated carbocycles. The first kappa shape index (κ1) is 24.4. The lowest BCUT2D eigenvalue weighted by atomic mass is 10.1. The van der Waals surface area contributed by atoms with Crippen molar-refractivity contribution in [2.75, 3.05) is 11.9 Å². The van der Waals surface area contributed by atoms with Crippen molar-refractivity contribution in [1.82, 2.24) is 9.78 Å². The van der Waals surface area contributed by atoms with Gasteiger partial charge in [-0.15, -0.1) is 0 Å². The number of hydrogen-bond acceptors (Lipinski definition) is 4. The van der Waals surface area contributed by atoms with Crippen LogP contribution in [-0.2, 0) is 6.54 Å². The molecular weight excluding hydrogens is 462 g/mol. The fraction of sp³-hybridized carbons (Fsp3) is 0.214. The molecule has 4 aromatic rings. The summed E-state index contributed by atoms with van der Waals surface area (Å²) in [5.41, 5.74) is 4.77. The molecule has 0 atom stereocenters. The number of ether oxygens (including phenoxy) is 2. The molecule has 0 radical (unpaired) electrons. The third-order valence-corrected chi connectivity index (χ3v) is 5.85. The Morgan fingerprint density at radius 1 is 0.971 bits per heavy atom. The summed E-state index contributed by atoms with van der Waals surface area (Å²) in [7, 11) is 0. The minimum absolute atomic E-state index is 0.269.